The predicted octanol–water partition coefficient (Wildman–Crippen LogP) is 3.55. The molecule has 0 unspecified atom stereocenters. The Balaban J connectivity index is 1.80. The Labute approximate surface area is 124 Å². The number of halogens is 3. The number of rotatable bonds is 3. The summed E-state index contributed by atoms with van der Waals surface area (Å²) in [6.45, 7) is 1.56. The number of alkyl halides is 3. The molecule has 0 aliphatic heterocycles. The van der Waals surface area contributed by atoms with Gasteiger partial charge in [0.2, 0.25) is 5.91 Å². The highest BCUT2D eigenvalue weighted by Crippen LogP contribution is 2.31. The van der Waals surface area contributed by atoms with Crippen LogP contribution in [0, 0.1) is 12.8 Å². The summed E-state index contributed by atoms with van der Waals surface area (Å²) in [5.41, 5.74) is 0.608. The van der Waals surface area contributed by atoms with Crippen molar-refractivity contribution in [2.75, 3.05) is 5.32 Å². The first-order valence-corrected chi connectivity index (χ1v) is 6.90. The zero-order chi connectivity index (χ0) is 15.9. The summed E-state index contributed by atoms with van der Waals surface area (Å²) in [6, 6.07) is 7.57. The highest BCUT2D eigenvalue weighted by Gasteiger charge is 2.34. The molecule has 1 saturated carbocycles. The first-order valence-electron chi connectivity index (χ1n) is 6.90. The SMILES string of the molecule is Cc1cc(C(F)(F)F)nn1-c1ccc(NC(=O)C2CC2)cc1. The van der Waals surface area contributed by atoms with E-state index in [1.165, 1.54) is 4.68 Å². The number of nitrogens with one attached hydrogen (secondary N) is 1. The van der Waals surface area contributed by atoms with Gasteiger partial charge in [0.15, 0.2) is 5.69 Å². The second-order valence-electron chi connectivity index (χ2n) is 5.39. The first-order chi connectivity index (χ1) is 10.3. The van der Waals surface area contributed by atoms with Crippen molar-refractivity contribution in [3.8, 4) is 5.69 Å². The molecular formula is C15H14F3N3O. The molecule has 4 nitrogen and oxygen atoms in total. The van der Waals surface area contributed by atoms with Gasteiger partial charge in [0.05, 0.1) is 5.69 Å². The van der Waals surface area contributed by atoms with Crippen LogP contribution in [0.4, 0.5) is 18.9 Å². The number of aromatic nitrogens is 2. The van der Waals surface area contributed by atoms with Gasteiger partial charge < -0.3 is 5.32 Å². The van der Waals surface area contributed by atoms with Gasteiger partial charge in [0.1, 0.15) is 0 Å². The highest BCUT2D eigenvalue weighted by atomic mass is 19.4. The van der Waals surface area contributed by atoms with E-state index in [4.69, 9.17) is 0 Å². The van der Waals surface area contributed by atoms with Gasteiger partial charge in [-0.3, -0.25) is 4.79 Å². The molecule has 0 spiro atoms. The Morgan fingerprint density at radius 2 is 1.91 bits per heavy atom. The Morgan fingerprint density at radius 3 is 2.41 bits per heavy atom. The molecule has 1 amide bonds. The third-order valence-corrected chi connectivity index (χ3v) is 3.51. The van der Waals surface area contributed by atoms with Crippen LogP contribution in [0.1, 0.15) is 24.2 Å². The predicted molar refractivity (Wildman–Crippen MR) is 74.7 cm³/mol. The molecule has 0 atom stereocenters. The molecule has 0 bridgehead atoms. The van der Waals surface area contributed by atoms with E-state index in [1.54, 1.807) is 31.2 Å². The largest absolute Gasteiger partial charge is 0.435 e. The van der Waals surface area contributed by atoms with Crippen LogP contribution >= 0.6 is 0 Å². The van der Waals surface area contributed by atoms with Crippen LogP contribution in [-0.2, 0) is 11.0 Å². The second kappa shape index (κ2) is 5.15. The van der Waals surface area contributed by atoms with E-state index in [9.17, 15) is 18.0 Å². The maximum atomic E-state index is 12.7. The average molecular weight is 309 g/mol. The van der Waals surface area contributed by atoms with Crippen LogP contribution in [-0.4, -0.2) is 15.7 Å². The number of nitrogens with zero attached hydrogens (tertiary/aromatic N) is 2. The average Bonchev–Trinajstić information content (AvgIpc) is 3.22. The van der Waals surface area contributed by atoms with Crippen LogP contribution < -0.4 is 5.32 Å². The summed E-state index contributed by atoms with van der Waals surface area (Å²) in [7, 11) is 0. The molecule has 0 radical (unpaired) electrons. The van der Waals surface area contributed by atoms with Crippen molar-refractivity contribution in [3.05, 3.63) is 41.7 Å². The van der Waals surface area contributed by atoms with E-state index in [0.29, 0.717) is 17.1 Å². The molecular weight excluding hydrogens is 295 g/mol. The van der Waals surface area contributed by atoms with Gasteiger partial charge in [-0.05, 0) is 50.1 Å². The number of hydrogen-bond donors (Lipinski definition) is 1. The fourth-order valence-corrected chi connectivity index (χ4v) is 2.15. The van der Waals surface area contributed by atoms with Crippen LogP contribution in [0.25, 0.3) is 5.69 Å². The third-order valence-electron chi connectivity index (χ3n) is 3.51. The highest BCUT2D eigenvalue weighted by molar-refractivity contribution is 5.94. The number of benzene rings is 1. The Kier molecular flexibility index (Phi) is 3.42. The lowest BCUT2D eigenvalue weighted by atomic mass is 10.2. The van der Waals surface area contributed by atoms with Gasteiger partial charge in [0.25, 0.3) is 0 Å². The van der Waals surface area contributed by atoms with Gasteiger partial charge in [-0.1, -0.05) is 0 Å². The van der Waals surface area contributed by atoms with Crippen molar-refractivity contribution in [1.29, 1.82) is 0 Å². The van der Waals surface area contributed by atoms with Gasteiger partial charge in [-0.2, -0.15) is 18.3 Å². The summed E-state index contributed by atoms with van der Waals surface area (Å²) in [5.74, 6) is 0.0877. The quantitative estimate of drug-likeness (QED) is 0.942. The fraction of sp³-hybridized carbons (Fsp3) is 0.333. The van der Waals surface area contributed by atoms with Crippen molar-refractivity contribution in [1.82, 2.24) is 9.78 Å². The minimum Gasteiger partial charge on any atom is -0.326 e. The van der Waals surface area contributed by atoms with Crippen molar-refractivity contribution >= 4 is 11.6 Å². The molecule has 3 rings (SSSR count). The number of carbonyl (C=O) groups excluding carboxylic acids is 1. The summed E-state index contributed by atoms with van der Waals surface area (Å²) >= 11 is 0. The molecule has 7 heteroatoms. The monoisotopic (exact) mass is 309 g/mol. The maximum Gasteiger partial charge on any atom is 0.435 e. The van der Waals surface area contributed by atoms with E-state index in [-0.39, 0.29) is 11.8 Å². The second-order valence-corrected chi connectivity index (χ2v) is 5.39. The minimum atomic E-state index is -4.46. The summed E-state index contributed by atoms with van der Waals surface area (Å²) in [6.07, 6.45) is -2.64. The number of amides is 1. The number of aryl methyl sites for hydroxylation is 1. The molecule has 0 saturated heterocycles. The summed E-state index contributed by atoms with van der Waals surface area (Å²) < 4.78 is 39.2. The van der Waals surface area contributed by atoms with Crippen LogP contribution in [0.5, 0.6) is 0 Å². The maximum absolute atomic E-state index is 12.7. The van der Waals surface area contributed by atoms with Crippen LogP contribution in [0.15, 0.2) is 30.3 Å². The normalized spacial score (nSPS) is 14.9. The lowest BCUT2D eigenvalue weighted by molar-refractivity contribution is -0.141. The lowest BCUT2D eigenvalue weighted by Crippen LogP contribution is -2.13. The van der Waals surface area contributed by atoms with E-state index >= 15 is 0 Å². The standard InChI is InChI=1S/C15H14F3N3O/c1-9-8-13(15(16,17)18)20-21(9)12-6-4-11(5-7-12)19-14(22)10-2-3-10/h4-8,10H,2-3H2,1H3,(H,19,22). The third kappa shape index (κ3) is 2.98. The van der Waals surface area contributed by atoms with Crippen molar-refractivity contribution < 1.29 is 18.0 Å². The van der Waals surface area contributed by atoms with Crippen LogP contribution in [0.2, 0.25) is 0 Å². The zero-order valence-corrected chi connectivity index (χ0v) is 11.8. The van der Waals surface area contributed by atoms with Gasteiger partial charge in [-0.25, -0.2) is 4.68 Å². The molecule has 1 fully saturated rings. The molecule has 1 N–H and O–H groups in total. The van der Waals surface area contributed by atoms with Crippen molar-refractivity contribution in [3.63, 3.8) is 0 Å². The Hall–Kier alpha value is -2.31. The van der Waals surface area contributed by atoms with E-state index in [2.05, 4.69) is 10.4 Å². The van der Waals surface area contributed by atoms with Crippen molar-refractivity contribution in [2.24, 2.45) is 5.92 Å². The molecule has 1 aliphatic carbocycles. The van der Waals surface area contributed by atoms with Gasteiger partial charge in [-0.15, -0.1) is 0 Å². The van der Waals surface area contributed by atoms with Gasteiger partial charge >= 0.3 is 6.18 Å². The molecule has 22 heavy (non-hydrogen) atoms. The Morgan fingerprint density at radius 1 is 1.27 bits per heavy atom. The lowest BCUT2D eigenvalue weighted by Gasteiger charge is -2.07. The van der Waals surface area contributed by atoms with E-state index in [0.717, 1.165) is 18.9 Å². The molecule has 2 aromatic rings. The molecule has 1 aliphatic rings. The first kappa shape index (κ1) is 14.6. The minimum absolute atomic E-state index is 0.0117. The fourth-order valence-electron chi connectivity index (χ4n) is 2.15. The van der Waals surface area contributed by atoms with Crippen LogP contribution in [0.3, 0.4) is 0 Å². The molecule has 1 heterocycles. The number of hydrogen-bond acceptors (Lipinski definition) is 2. The molecule has 1 aromatic carbocycles. The van der Waals surface area contributed by atoms with E-state index in [1.807, 2.05) is 0 Å². The Bertz CT molecular complexity index is 700. The summed E-state index contributed by atoms with van der Waals surface area (Å²) in [4.78, 5) is 11.6. The van der Waals surface area contributed by atoms with Crippen molar-refractivity contribution in [2.45, 2.75) is 25.9 Å². The number of anilines is 1. The number of carbonyl (C=O) groups is 1. The van der Waals surface area contributed by atoms with Gasteiger partial charge in [0, 0.05) is 17.3 Å². The zero-order valence-electron chi connectivity index (χ0n) is 11.8. The smallest absolute Gasteiger partial charge is 0.326 e. The molecule has 1 aromatic heterocycles. The topological polar surface area (TPSA) is 46.9 Å². The summed E-state index contributed by atoms with van der Waals surface area (Å²) in [5, 5.41) is 6.36. The molecule has 116 valence electrons. The van der Waals surface area contributed by atoms with E-state index < -0.39 is 11.9 Å².